The molecule has 0 saturated carbocycles. The molecule has 1 heterocycles. The molecule has 0 aliphatic heterocycles. The summed E-state index contributed by atoms with van der Waals surface area (Å²) in [4.78, 5) is 4.53. The average molecular weight is 371 g/mol. The molecule has 144 valence electrons. The smallest absolute Gasteiger partial charge is 0.204 e. The van der Waals surface area contributed by atoms with E-state index >= 15 is 0 Å². The van der Waals surface area contributed by atoms with Crippen molar-refractivity contribution >= 4 is 17.0 Å². The number of hydrogen-bond acceptors (Lipinski definition) is 6. The molecule has 7 heteroatoms. The molecular formula is C20H25N3O4. The van der Waals surface area contributed by atoms with E-state index in [4.69, 9.17) is 14.6 Å². The lowest BCUT2D eigenvalue weighted by molar-refractivity contribution is 0.0205. The monoisotopic (exact) mass is 371 g/mol. The van der Waals surface area contributed by atoms with Crippen LogP contribution in [0.15, 0.2) is 48.5 Å². The fourth-order valence-electron chi connectivity index (χ4n) is 2.95. The van der Waals surface area contributed by atoms with Crippen molar-refractivity contribution in [3.63, 3.8) is 0 Å². The number of imidazole rings is 1. The first-order valence-electron chi connectivity index (χ1n) is 8.90. The molecule has 2 aromatic carbocycles. The average Bonchev–Trinajstić information content (AvgIpc) is 3.04. The van der Waals surface area contributed by atoms with Crippen LogP contribution in [-0.4, -0.2) is 52.7 Å². The number of anilines is 1. The Hall–Kier alpha value is -2.61. The van der Waals surface area contributed by atoms with Gasteiger partial charge in [0.1, 0.15) is 5.75 Å². The zero-order valence-electron chi connectivity index (χ0n) is 15.3. The van der Waals surface area contributed by atoms with Gasteiger partial charge in [0, 0.05) is 12.1 Å². The van der Waals surface area contributed by atoms with Gasteiger partial charge in [0.2, 0.25) is 5.95 Å². The highest BCUT2D eigenvalue weighted by atomic mass is 16.5. The lowest BCUT2D eigenvalue weighted by atomic mass is 10.2. The first-order chi connectivity index (χ1) is 13.2. The third kappa shape index (κ3) is 4.77. The van der Waals surface area contributed by atoms with Gasteiger partial charge in [-0.2, -0.15) is 0 Å². The zero-order valence-corrected chi connectivity index (χ0v) is 15.3. The largest absolute Gasteiger partial charge is 0.496 e. The molecule has 1 atom stereocenters. The van der Waals surface area contributed by atoms with Gasteiger partial charge in [-0.25, -0.2) is 4.98 Å². The van der Waals surface area contributed by atoms with Gasteiger partial charge in [-0.3, -0.25) is 0 Å². The van der Waals surface area contributed by atoms with Gasteiger partial charge in [-0.1, -0.05) is 30.3 Å². The number of hydrogen-bond donors (Lipinski definition) is 3. The van der Waals surface area contributed by atoms with Crippen molar-refractivity contribution in [2.75, 3.05) is 32.2 Å². The van der Waals surface area contributed by atoms with Gasteiger partial charge in [0.25, 0.3) is 0 Å². The Morgan fingerprint density at radius 1 is 1.15 bits per heavy atom. The summed E-state index contributed by atoms with van der Waals surface area (Å²) in [6.45, 7) is 1.28. The molecule has 7 nitrogen and oxygen atoms in total. The number of methoxy groups -OCH3 is 1. The van der Waals surface area contributed by atoms with E-state index in [1.165, 1.54) is 0 Å². The summed E-state index contributed by atoms with van der Waals surface area (Å²) < 4.78 is 12.9. The molecule has 27 heavy (non-hydrogen) atoms. The Bertz CT molecular complexity index is 865. The second-order valence-electron chi connectivity index (χ2n) is 6.17. The number of para-hydroxylation sites is 3. The van der Waals surface area contributed by atoms with Crippen molar-refractivity contribution in [1.29, 1.82) is 0 Å². The third-order valence-corrected chi connectivity index (χ3v) is 4.20. The Kier molecular flexibility index (Phi) is 6.64. The van der Waals surface area contributed by atoms with Gasteiger partial charge < -0.3 is 29.6 Å². The predicted octanol–water partition coefficient (Wildman–Crippen LogP) is 2.03. The molecule has 0 aliphatic rings. The SMILES string of the molecule is COc1ccccc1COC[C@H](O)Cn1c(NCCO)nc2ccccc21. The molecule has 0 radical (unpaired) electrons. The number of ether oxygens (including phenoxy) is 2. The zero-order chi connectivity index (χ0) is 19.1. The van der Waals surface area contributed by atoms with E-state index in [9.17, 15) is 5.11 Å². The van der Waals surface area contributed by atoms with E-state index in [-0.39, 0.29) is 13.2 Å². The van der Waals surface area contributed by atoms with E-state index in [1.807, 2.05) is 53.1 Å². The molecule has 0 unspecified atom stereocenters. The maximum absolute atomic E-state index is 10.5. The molecule has 3 aromatic rings. The molecule has 0 bridgehead atoms. The van der Waals surface area contributed by atoms with Crippen molar-refractivity contribution in [3.05, 3.63) is 54.1 Å². The van der Waals surface area contributed by atoms with Crippen LogP contribution in [0.1, 0.15) is 5.56 Å². The first kappa shape index (κ1) is 19.2. The standard InChI is InChI=1S/C20H25N3O4/c1-26-19-9-5-2-6-15(19)13-27-14-16(25)12-23-18-8-4-3-7-17(18)22-20(23)21-10-11-24/h2-9,16,24-25H,10-14H2,1H3,(H,21,22)/t16-/m1/s1. The second kappa shape index (κ2) is 9.36. The van der Waals surface area contributed by atoms with Crippen molar-refractivity contribution in [3.8, 4) is 5.75 Å². The number of benzene rings is 2. The fraction of sp³-hybridized carbons (Fsp3) is 0.350. The van der Waals surface area contributed by atoms with Gasteiger partial charge in [0.15, 0.2) is 0 Å². The van der Waals surface area contributed by atoms with Gasteiger partial charge in [0.05, 0.1) is 50.6 Å². The number of aromatic nitrogens is 2. The Morgan fingerprint density at radius 2 is 1.93 bits per heavy atom. The molecule has 0 fully saturated rings. The van der Waals surface area contributed by atoms with Crippen molar-refractivity contribution < 1.29 is 19.7 Å². The van der Waals surface area contributed by atoms with Crippen LogP contribution < -0.4 is 10.1 Å². The minimum atomic E-state index is -0.702. The Labute approximate surface area is 158 Å². The van der Waals surface area contributed by atoms with E-state index in [1.54, 1.807) is 7.11 Å². The predicted molar refractivity (Wildman–Crippen MR) is 104 cm³/mol. The van der Waals surface area contributed by atoms with Crippen LogP contribution in [-0.2, 0) is 17.9 Å². The lowest BCUT2D eigenvalue weighted by Gasteiger charge is -2.16. The van der Waals surface area contributed by atoms with Crippen molar-refractivity contribution in [1.82, 2.24) is 9.55 Å². The summed E-state index contributed by atoms with van der Waals surface area (Å²) in [5.41, 5.74) is 2.69. The molecule has 3 N–H and O–H groups in total. The van der Waals surface area contributed by atoms with Gasteiger partial charge in [-0.05, 0) is 18.2 Å². The van der Waals surface area contributed by atoms with Crippen molar-refractivity contribution in [2.24, 2.45) is 0 Å². The fourth-order valence-corrected chi connectivity index (χ4v) is 2.95. The molecule has 1 aromatic heterocycles. The van der Waals surface area contributed by atoms with Crippen LogP contribution in [0.2, 0.25) is 0 Å². The molecule has 3 rings (SSSR count). The number of nitrogens with zero attached hydrogens (tertiary/aromatic N) is 2. The third-order valence-electron chi connectivity index (χ3n) is 4.20. The maximum Gasteiger partial charge on any atom is 0.204 e. The number of aliphatic hydroxyl groups is 2. The van der Waals surface area contributed by atoms with E-state index in [2.05, 4.69) is 10.3 Å². The number of rotatable bonds is 10. The molecule has 0 saturated heterocycles. The normalized spacial score (nSPS) is 12.3. The van der Waals surface area contributed by atoms with Crippen LogP contribution in [0, 0.1) is 0 Å². The Morgan fingerprint density at radius 3 is 2.74 bits per heavy atom. The quantitative estimate of drug-likeness (QED) is 0.505. The summed E-state index contributed by atoms with van der Waals surface area (Å²) in [6, 6.07) is 15.4. The molecule has 0 amide bonds. The van der Waals surface area contributed by atoms with E-state index < -0.39 is 6.10 Å². The summed E-state index contributed by atoms with van der Waals surface area (Å²) in [5, 5.41) is 22.6. The van der Waals surface area contributed by atoms with E-state index in [0.29, 0.717) is 25.6 Å². The number of aliphatic hydroxyl groups excluding tert-OH is 2. The highest BCUT2D eigenvalue weighted by Crippen LogP contribution is 2.21. The van der Waals surface area contributed by atoms with Crippen LogP contribution in [0.3, 0.4) is 0 Å². The van der Waals surface area contributed by atoms with Crippen LogP contribution in [0.5, 0.6) is 5.75 Å². The number of nitrogens with one attached hydrogen (secondary N) is 1. The topological polar surface area (TPSA) is 88.8 Å². The number of fused-ring (bicyclic) bond motifs is 1. The maximum atomic E-state index is 10.5. The van der Waals surface area contributed by atoms with E-state index in [0.717, 1.165) is 22.3 Å². The molecule has 0 spiro atoms. The first-order valence-corrected chi connectivity index (χ1v) is 8.90. The van der Waals surface area contributed by atoms with Gasteiger partial charge in [-0.15, -0.1) is 0 Å². The Balaban J connectivity index is 1.64. The molecule has 0 aliphatic carbocycles. The minimum Gasteiger partial charge on any atom is -0.496 e. The van der Waals surface area contributed by atoms with Crippen LogP contribution >= 0.6 is 0 Å². The highest BCUT2D eigenvalue weighted by molar-refractivity contribution is 5.78. The molecular weight excluding hydrogens is 346 g/mol. The summed E-state index contributed by atoms with van der Waals surface area (Å²) >= 11 is 0. The summed E-state index contributed by atoms with van der Waals surface area (Å²) in [7, 11) is 1.62. The van der Waals surface area contributed by atoms with Gasteiger partial charge >= 0.3 is 0 Å². The summed E-state index contributed by atoms with van der Waals surface area (Å²) in [5.74, 6) is 1.39. The highest BCUT2D eigenvalue weighted by Gasteiger charge is 2.14. The van der Waals surface area contributed by atoms with Crippen LogP contribution in [0.25, 0.3) is 11.0 Å². The minimum absolute atomic E-state index is 0.00772. The summed E-state index contributed by atoms with van der Waals surface area (Å²) in [6.07, 6.45) is -0.702. The van der Waals surface area contributed by atoms with Crippen molar-refractivity contribution in [2.45, 2.75) is 19.3 Å². The second-order valence-corrected chi connectivity index (χ2v) is 6.17. The lowest BCUT2D eigenvalue weighted by Crippen LogP contribution is -2.23. The van der Waals surface area contributed by atoms with Crippen LogP contribution in [0.4, 0.5) is 5.95 Å².